The van der Waals surface area contributed by atoms with Gasteiger partial charge in [0.2, 0.25) is 15.8 Å². The van der Waals surface area contributed by atoms with Crippen LogP contribution in [0, 0.1) is 10.1 Å². The zero-order valence-electron chi connectivity index (χ0n) is 13.8. The normalized spacial score (nSPS) is 12.3. The van der Waals surface area contributed by atoms with E-state index in [1.807, 2.05) is 0 Å². The fourth-order valence-corrected chi connectivity index (χ4v) is 2.86. The molecule has 0 radical (unpaired) electrons. The van der Waals surface area contributed by atoms with Gasteiger partial charge in [0.1, 0.15) is 0 Å². The van der Waals surface area contributed by atoms with Crippen LogP contribution < -0.4 is 9.46 Å². The number of hydrogen-bond donors (Lipinski definition) is 1. The number of anilines is 1. The highest BCUT2D eigenvalue weighted by Crippen LogP contribution is 2.31. The molecule has 1 atom stereocenters. The first-order chi connectivity index (χ1) is 12.1. The van der Waals surface area contributed by atoms with E-state index in [-0.39, 0.29) is 22.0 Å². The molecule has 8 nitrogen and oxygen atoms in total. The van der Waals surface area contributed by atoms with Crippen LogP contribution in [-0.4, -0.2) is 31.5 Å². The molecule has 0 heterocycles. The molecule has 0 aliphatic heterocycles. The summed E-state index contributed by atoms with van der Waals surface area (Å²) in [5, 5.41) is 11.3. The van der Waals surface area contributed by atoms with Gasteiger partial charge in [-0.25, -0.2) is 8.42 Å². The summed E-state index contributed by atoms with van der Waals surface area (Å²) in [6, 6.07) is 9.63. The van der Waals surface area contributed by atoms with Gasteiger partial charge >= 0.3 is 5.69 Å². The van der Waals surface area contributed by atoms with Gasteiger partial charge in [-0.05, 0) is 43.3 Å². The zero-order chi connectivity index (χ0) is 19.5. The summed E-state index contributed by atoms with van der Waals surface area (Å²) in [7, 11) is -3.42. The standard InChI is InChI=1S/C16H15ClN2O6S/c1-10(25-15-8-5-12(17)9-14(15)19(21)22)16(20)11-3-6-13(7-4-11)18-26(2,23)24/h3-10,18H,1-2H3/t10-/m1/s1. The molecule has 0 bridgehead atoms. The number of carbonyl (C=O) groups is 1. The Balaban J connectivity index is 2.16. The minimum Gasteiger partial charge on any atom is -0.475 e. The molecule has 26 heavy (non-hydrogen) atoms. The van der Waals surface area contributed by atoms with Gasteiger partial charge in [0, 0.05) is 22.3 Å². The number of carbonyl (C=O) groups excluding carboxylic acids is 1. The Hall–Kier alpha value is -2.65. The second kappa shape index (κ2) is 7.71. The van der Waals surface area contributed by atoms with Gasteiger partial charge in [-0.3, -0.25) is 19.6 Å². The third-order valence-electron chi connectivity index (χ3n) is 3.26. The minimum atomic E-state index is -3.42. The summed E-state index contributed by atoms with van der Waals surface area (Å²) in [6.07, 6.45) is 0.0182. The highest BCUT2D eigenvalue weighted by molar-refractivity contribution is 7.92. The van der Waals surface area contributed by atoms with E-state index in [0.717, 1.165) is 12.3 Å². The van der Waals surface area contributed by atoms with E-state index in [2.05, 4.69) is 4.72 Å². The van der Waals surface area contributed by atoms with E-state index in [4.69, 9.17) is 16.3 Å². The molecule has 0 aliphatic rings. The van der Waals surface area contributed by atoms with Crippen molar-refractivity contribution >= 4 is 38.8 Å². The first kappa shape index (κ1) is 19.7. The number of ketones is 1. The number of Topliss-reactive ketones (excluding diaryl/α,β-unsaturated/α-hetero) is 1. The molecule has 0 unspecified atom stereocenters. The number of ether oxygens (including phenoxy) is 1. The predicted octanol–water partition coefficient (Wildman–Crippen LogP) is 3.27. The number of benzene rings is 2. The summed E-state index contributed by atoms with van der Waals surface area (Å²) in [4.78, 5) is 22.9. The smallest absolute Gasteiger partial charge is 0.312 e. The van der Waals surface area contributed by atoms with Gasteiger partial charge in [-0.2, -0.15) is 0 Å². The molecule has 0 saturated carbocycles. The topological polar surface area (TPSA) is 116 Å². The monoisotopic (exact) mass is 398 g/mol. The highest BCUT2D eigenvalue weighted by Gasteiger charge is 2.22. The number of nitrogens with one attached hydrogen (secondary N) is 1. The van der Waals surface area contributed by atoms with Crippen molar-refractivity contribution < 1.29 is 22.9 Å². The molecule has 2 aromatic carbocycles. The molecule has 0 aromatic heterocycles. The van der Waals surface area contributed by atoms with Crippen LogP contribution in [0.3, 0.4) is 0 Å². The maximum Gasteiger partial charge on any atom is 0.312 e. The largest absolute Gasteiger partial charge is 0.475 e. The average Bonchev–Trinajstić information content (AvgIpc) is 2.54. The van der Waals surface area contributed by atoms with Gasteiger partial charge in [-0.15, -0.1) is 0 Å². The van der Waals surface area contributed by atoms with E-state index >= 15 is 0 Å². The fourth-order valence-electron chi connectivity index (χ4n) is 2.13. The quantitative estimate of drug-likeness (QED) is 0.434. The Labute approximate surface area is 154 Å². The Morgan fingerprint density at radius 3 is 2.38 bits per heavy atom. The van der Waals surface area contributed by atoms with Crippen molar-refractivity contribution in [3.05, 3.63) is 63.2 Å². The van der Waals surface area contributed by atoms with Crippen molar-refractivity contribution in [2.45, 2.75) is 13.0 Å². The van der Waals surface area contributed by atoms with Crippen LogP contribution in [0.25, 0.3) is 0 Å². The molecule has 1 N–H and O–H groups in total. The van der Waals surface area contributed by atoms with E-state index < -0.39 is 26.8 Å². The maximum atomic E-state index is 12.4. The minimum absolute atomic E-state index is 0.0735. The lowest BCUT2D eigenvalue weighted by Crippen LogP contribution is -2.24. The fraction of sp³-hybridized carbons (Fsp3) is 0.188. The van der Waals surface area contributed by atoms with Crippen LogP contribution in [0.15, 0.2) is 42.5 Å². The van der Waals surface area contributed by atoms with Gasteiger partial charge in [0.25, 0.3) is 0 Å². The molecule has 0 fully saturated rings. The molecule has 0 aliphatic carbocycles. The summed E-state index contributed by atoms with van der Waals surface area (Å²) < 4.78 is 30.1. The van der Waals surface area contributed by atoms with Crippen molar-refractivity contribution in [2.24, 2.45) is 0 Å². The summed E-state index contributed by atoms with van der Waals surface area (Å²) >= 11 is 5.74. The molecule has 2 aromatic rings. The first-order valence-electron chi connectivity index (χ1n) is 7.29. The van der Waals surface area contributed by atoms with Crippen molar-refractivity contribution in [1.82, 2.24) is 0 Å². The molecule has 10 heteroatoms. The van der Waals surface area contributed by atoms with E-state index in [9.17, 15) is 23.3 Å². The van der Waals surface area contributed by atoms with Crippen molar-refractivity contribution in [2.75, 3.05) is 11.0 Å². The second-order valence-electron chi connectivity index (χ2n) is 5.45. The molecule has 0 amide bonds. The molecule has 138 valence electrons. The second-order valence-corrected chi connectivity index (χ2v) is 7.63. The van der Waals surface area contributed by atoms with Gasteiger partial charge < -0.3 is 4.74 Å². The molecular weight excluding hydrogens is 384 g/mol. The number of nitrogens with zero attached hydrogens (tertiary/aromatic N) is 1. The number of rotatable bonds is 7. The van der Waals surface area contributed by atoms with Crippen LogP contribution in [0.2, 0.25) is 5.02 Å². The number of nitro benzene ring substituents is 1. The number of halogens is 1. The maximum absolute atomic E-state index is 12.4. The van der Waals surface area contributed by atoms with Crippen LogP contribution in [-0.2, 0) is 10.0 Å². The number of sulfonamides is 1. The van der Waals surface area contributed by atoms with E-state index in [1.165, 1.54) is 43.3 Å². The van der Waals surface area contributed by atoms with Crippen LogP contribution in [0.1, 0.15) is 17.3 Å². The summed E-state index contributed by atoms with van der Waals surface area (Å²) in [5.41, 5.74) is 0.240. The average molecular weight is 399 g/mol. The first-order valence-corrected chi connectivity index (χ1v) is 9.56. The number of hydrogen-bond acceptors (Lipinski definition) is 6. The van der Waals surface area contributed by atoms with E-state index in [1.54, 1.807) is 0 Å². The third kappa shape index (κ3) is 5.17. The number of nitro groups is 1. The van der Waals surface area contributed by atoms with Crippen LogP contribution in [0.5, 0.6) is 5.75 Å². The van der Waals surface area contributed by atoms with Crippen molar-refractivity contribution in [3.8, 4) is 5.75 Å². The Morgan fingerprint density at radius 1 is 1.23 bits per heavy atom. The van der Waals surface area contributed by atoms with Crippen molar-refractivity contribution in [1.29, 1.82) is 0 Å². The van der Waals surface area contributed by atoms with Crippen molar-refractivity contribution in [3.63, 3.8) is 0 Å². The lowest BCUT2D eigenvalue weighted by molar-refractivity contribution is -0.386. The van der Waals surface area contributed by atoms with Gasteiger partial charge in [0.05, 0.1) is 11.2 Å². The summed E-state index contributed by atoms with van der Waals surface area (Å²) in [5.74, 6) is -0.490. The Kier molecular flexibility index (Phi) is 5.83. The zero-order valence-corrected chi connectivity index (χ0v) is 15.4. The highest BCUT2D eigenvalue weighted by atomic mass is 35.5. The lowest BCUT2D eigenvalue weighted by Gasteiger charge is -2.14. The molecule has 2 rings (SSSR count). The van der Waals surface area contributed by atoms with Gasteiger partial charge in [-0.1, -0.05) is 11.6 Å². The van der Waals surface area contributed by atoms with E-state index in [0.29, 0.717) is 5.69 Å². The van der Waals surface area contributed by atoms with Crippen LogP contribution >= 0.6 is 11.6 Å². The summed E-state index contributed by atoms with van der Waals surface area (Å²) in [6.45, 7) is 1.46. The van der Waals surface area contributed by atoms with Crippen LogP contribution in [0.4, 0.5) is 11.4 Å². The predicted molar refractivity (Wildman–Crippen MR) is 97.4 cm³/mol. The lowest BCUT2D eigenvalue weighted by atomic mass is 10.1. The Morgan fingerprint density at radius 2 is 1.85 bits per heavy atom. The molecular formula is C16H15ClN2O6S. The Bertz CT molecular complexity index is 944. The van der Waals surface area contributed by atoms with Gasteiger partial charge in [0.15, 0.2) is 11.9 Å². The molecule has 0 saturated heterocycles. The SMILES string of the molecule is C[C@@H](Oc1ccc(Cl)cc1[N+](=O)[O-])C(=O)c1ccc(NS(C)(=O)=O)cc1. The third-order valence-corrected chi connectivity index (χ3v) is 4.10. The molecule has 0 spiro atoms.